The van der Waals surface area contributed by atoms with Crippen LogP contribution in [0.3, 0.4) is 0 Å². The topological polar surface area (TPSA) is 62.6 Å². The first-order valence-electron chi connectivity index (χ1n) is 9.77. The summed E-state index contributed by atoms with van der Waals surface area (Å²) in [4.78, 5) is 25.8. The third-order valence-electron chi connectivity index (χ3n) is 5.94. The van der Waals surface area contributed by atoms with Crippen LogP contribution in [-0.2, 0) is 9.59 Å². The lowest BCUT2D eigenvalue weighted by atomic mass is 9.78. The van der Waals surface area contributed by atoms with Gasteiger partial charge in [-0.2, -0.15) is 0 Å². The van der Waals surface area contributed by atoms with Crippen LogP contribution >= 0.6 is 0 Å². The first kappa shape index (κ1) is 20.4. The predicted molar refractivity (Wildman–Crippen MR) is 105 cm³/mol. The number of anilines is 1. The highest BCUT2D eigenvalue weighted by Gasteiger charge is 2.31. The van der Waals surface area contributed by atoms with Gasteiger partial charge in [-0.15, -0.1) is 0 Å². The Morgan fingerprint density at radius 1 is 1.19 bits per heavy atom. The number of rotatable bonds is 6. The van der Waals surface area contributed by atoms with E-state index in [4.69, 9.17) is 0 Å². The van der Waals surface area contributed by atoms with Crippen LogP contribution < -0.4 is 15.5 Å². The lowest BCUT2D eigenvalue weighted by molar-refractivity contribution is -0.885. The second-order valence-electron chi connectivity index (χ2n) is 8.04. The third kappa shape index (κ3) is 5.56. The molecule has 2 rings (SSSR count). The zero-order valence-electron chi connectivity index (χ0n) is 16.8. The van der Waals surface area contributed by atoms with Crippen molar-refractivity contribution in [3.63, 3.8) is 0 Å². The van der Waals surface area contributed by atoms with E-state index in [1.54, 1.807) is 0 Å². The summed E-state index contributed by atoms with van der Waals surface area (Å²) in [5.74, 6) is 1.11. The standard InChI is InChI=1S/C21H33N3O2/c1-14-9-11-18(12-10-14)22-20(25)13-24(5)17(4)21(26)23-19-8-6-7-15(2)16(19)3/h9-12,15-17,19H,6-8,13H2,1-5H3,(H,22,25)(H,23,26)/p+1/t15-,16-,17-,19+/m0/s1. The van der Waals surface area contributed by atoms with Gasteiger partial charge < -0.3 is 15.5 Å². The number of carbonyl (C=O) groups excluding carboxylic acids is 2. The fourth-order valence-corrected chi connectivity index (χ4v) is 3.57. The Bertz CT molecular complexity index is 614. The minimum Gasteiger partial charge on any atom is -0.348 e. The van der Waals surface area contributed by atoms with Gasteiger partial charge in [-0.1, -0.05) is 44.4 Å². The molecular formula is C21H34N3O2+. The number of carbonyl (C=O) groups is 2. The molecular weight excluding hydrogens is 326 g/mol. The number of nitrogens with one attached hydrogen (secondary N) is 3. The van der Waals surface area contributed by atoms with Gasteiger partial charge in [0, 0.05) is 11.7 Å². The molecule has 0 bridgehead atoms. The maximum Gasteiger partial charge on any atom is 0.279 e. The number of amides is 2. The highest BCUT2D eigenvalue weighted by Crippen LogP contribution is 2.29. The van der Waals surface area contributed by atoms with Crippen molar-refractivity contribution in [3.8, 4) is 0 Å². The van der Waals surface area contributed by atoms with E-state index in [1.165, 1.54) is 12.8 Å². The van der Waals surface area contributed by atoms with Crippen LogP contribution in [0.2, 0.25) is 0 Å². The van der Waals surface area contributed by atoms with Crippen LogP contribution in [0.1, 0.15) is 45.6 Å². The third-order valence-corrected chi connectivity index (χ3v) is 5.94. The Hall–Kier alpha value is -1.88. The van der Waals surface area contributed by atoms with Gasteiger partial charge in [0.15, 0.2) is 12.6 Å². The quantitative estimate of drug-likeness (QED) is 0.724. The smallest absolute Gasteiger partial charge is 0.279 e. The second kappa shape index (κ2) is 9.17. The summed E-state index contributed by atoms with van der Waals surface area (Å²) in [5, 5.41) is 6.11. The minimum atomic E-state index is -0.261. The Labute approximate surface area is 157 Å². The molecule has 0 spiro atoms. The van der Waals surface area contributed by atoms with Crippen LogP contribution in [0.15, 0.2) is 24.3 Å². The maximum absolute atomic E-state index is 12.6. The van der Waals surface area contributed by atoms with E-state index >= 15 is 0 Å². The highest BCUT2D eigenvalue weighted by molar-refractivity contribution is 5.91. The molecule has 0 heterocycles. The van der Waals surface area contributed by atoms with Gasteiger partial charge in [-0.3, -0.25) is 9.59 Å². The monoisotopic (exact) mass is 360 g/mol. The number of benzene rings is 1. The molecule has 1 aliphatic carbocycles. The van der Waals surface area contributed by atoms with Crippen LogP contribution in [0.4, 0.5) is 5.69 Å². The number of likely N-dealkylation sites (N-methyl/N-ethyl adjacent to an activating group) is 1. The van der Waals surface area contributed by atoms with Crippen LogP contribution in [0.5, 0.6) is 0 Å². The molecule has 0 saturated heterocycles. The molecule has 5 nitrogen and oxygen atoms in total. The molecule has 1 fully saturated rings. The molecule has 1 aliphatic rings. The first-order chi connectivity index (χ1) is 12.3. The Morgan fingerprint density at radius 2 is 1.85 bits per heavy atom. The summed E-state index contributed by atoms with van der Waals surface area (Å²) in [6.45, 7) is 8.65. The molecule has 1 aromatic carbocycles. The fraction of sp³-hybridized carbons (Fsp3) is 0.619. The Kier molecular flexibility index (Phi) is 7.21. The van der Waals surface area contributed by atoms with E-state index in [0.29, 0.717) is 11.8 Å². The van der Waals surface area contributed by atoms with Crippen molar-refractivity contribution in [2.75, 3.05) is 18.9 Å². The van der Waals surface area contributed by atoms with Crippen molar-refractivity contribution < 1.29 is 14.5 Å². The van der Waals surface area contributed by atoms with Crippen LogP contribution in [0.25, 0.3) is 0 Å². The van der Waals surface area contributed by atoms with Crippen molar-refractivity contribution in [1.29, 1.82) is 0 Å². The van der Waals surface area contributed by atoms with Gasteiger partial charge in [0.25, 0.3) is 11.8 Å². The average molecular weight is 361 g/mol. The maximum atomic E-state index is 12.6. The first-order valence-corrected chi connectivity index (χ1v) is 9.77. The number of aryl methyl sites for hydroxylation is 1. The summed E-state index contributed by atoms with van der Waals surface area (Å²) in [6, 6.07) is 7.71. The molecule has 1 unspecified atom stereocenters. The van der Waals surface area contributed by atoms with E-state index in [2.05, 4.69) is 24.5 Å². The summed E-state index contributed by atoms with van der Waals surface area (Å²) in [5.41, 5.74) is 1.94. The zero-order valence-corrected chi connectivity index (χ0v) is 16.8. The molecule has 0 aliphatic heterocycles. The number of hydrogen-bond acceptors (Lipinski definition) is 2. The number of hydrogen-bond donors (Lipinski definition) is 3. The Morgan fingerprint density at radius 3 is 2.50 bits per heavy atom. The van der Waals surface area contributed by atoms with E-state index in [9.17, 15) is 9.59 Å². The minimum absolute atomic E-state index is 0.0385. The summed E-state index contributed by atoms with van der Waals surface area (Å²) in [6.07, 6.45) is 3.47. The normalized spacial score (nSPS) is 25.2. The fourth-order valence-electron chi connectivity index (χ4n) is 3.57. The van der Waals surface area contributed by atoms with Crippen molar-refractivity contribution in [2.24, 2.45) is 11.8 Å². The highest BCUT2D eigenvalue weighted by atomic mass is 16.2. The van der Waals surface area contributed by atoms with Crippen molar-refractivity contribution in [1.82, 2.24) is 5.32 Å². The van der Waals surface area contributed by atoms with E-state index in [1.807, 2.05) is 45.2 Å². The van der Waals surface area contributed by atoms with Gasteiger partial charge in [-0.25, -0.2) is 0 Å². The molecule has 1 saturated carbocycles. The van der Waals surface area contributed by atoms with Crippen molar-refractivity contribution in [2.45, 2.75) is 59.0 Å². The lowest BCUT2D eigenvalue weighted by Gasteiger charge is -2.35. The average Bonchev–Trinajstić information content (AvgIpc) is 2.60. The zero-order chi connectivity index (χ0) is 19.3. The Balaban J connectivity index is 1.83. The lowest BCUT2D eigenvalue weighted by Crippen LogP contribution is -3.15. The van der Waals surface area contributed by atoms with Crippen molar-refractivity contribution in [3.05, 3.63) is 29.8 Å². The van der Waals surface area contributed by atoms with E-state index in [-0.39, 0.29) is 30.4 Å². The molecule has 1 aromatic rings. The van der Waals surface area contributed by atoms with Crippen LogP contribution in [-0.4, -0.2) is 37.5 Å². The van der Waals surface area contributed by atoms with Gasteiger partial charge in [0.05, 0.1) is 7.05 Å². The summed E-state index contributed by atoms with van der Waals surface area (Å²) < 4.78 is 0. The van der Waals surface area contributed by atoms with Crippen molar-refractivity contribution >= 4 is 17.5 Å². The van der Waals surface area contributed by atoms with Gasteiger partial charge in [0.1, 0.15) is 0 Å². The second-order valence-corrected chi connectivity index (χ2v) is 8.04. The predicted octanol–water partition coefficient (Wildman–Crippen LogP) is 1.78. The largest absolute Gasteiger partial charge is 0.348 e. The molecule has 3 N–H and O–H groups in total. The molecule has 2 amide bonds. The van der Waals surface area contributed by atoms with E-state index in [0.717, 1.165) is 22.6 Å². The molecule has 26 heavy (non-hydrogen) atoms. The van der Waals surface area contributed by atoms with E-state index < -0.39 is 0 Å². The molecule has 144 valence electrons. The molecule has 0 radical (unpaired) electrons. The molecule has 0 aromatic heterocycles. The number of quaternary nitrogens is 1. The van der Waals surface area contributed by atoms with Gasteiger partial charge in [0.2, 0.25) is 0 Å². The molecule has 5 atom stereocenters. The summed E-state index contributed by atoms with van der Waals surface area (Å²) >= 11 is 0. The molecule has 5 heteroatoms. The van der Waals surface area contributed by atoms with Gasteiger partial charge >= 0.3 is 0 Å². The SMILES string of the molecule is Cc1ccc(NC(=O)C[NH+](C)[C@@H](C)C(=O)N[C@@H]2CCC[C@H](C)[C@@H]2C)cc1. The van der Waals surface area contributed by atoms with Crippen LogP contribution in [0, 0.1) is 18.8 Å². The van der Waals surface area contributed by atoms with Gasteiger partial charge in [-0.05, 0) is 44.2 Å². The summed E-state index contributed by atoms with van der Waals surface area (Å²) in [7, 11) is 1.89.